The molecule has 1 heterocycles. The first-order valence-corrected chi connectivity index (χ1v) is 8.51. The van der Waals surface area contributed by atoms with Gasteiger partial charge in [0.2, 0.25) is 5.91 Å². The van der Waals surface area contributed by atoms with Gasteiger partial charge in [0.05, 0.1) is 0 Å². The maximum atomic E-state index is 13.1. The number of hydrogen-bond acceptors (Lipinski definition) is 2. The second kappa shape index (κ2) is 6.93. The third-order valence-electron chi connectivity index (χ3n) is 5.15. The van der Waals surface area contributed by atoms with Gasteiger partial charge in [-0.05, 0) is 50.9 Å². The van der Waals surface area contributed by atoms with Crippen molar-refractivity contribution >= 4 is 5.91 Å². The standard InChI is InChI=1S/C17H31NO2/c1-14(2)13-17(9-3-4-10-17)16(20)18-11-5-7-15(18)8-6-12-19/h14-15,19H,3-13H2,1-2H3. The minimum atomic E-state index is -0.0596. The third kappa shape index (κ3) is 3.36. The number of carbonyl (C=O) groups excluding carboxylic acids is 1. The van der Waals surface area contributed by atoms with Gasteiger partial charge in [0.25, 0.3) is 0 Å². The van der Waals surface area contributed by atoms with Crippen LogP contribution >= 0.6 is 0 Å². The molecule has 0 aromatic carbocycles. The normalized spacial score (nSPS) is 25.6. The predicted molar refractivity (Wildman–Crippen MR) is 81.4 cm³/mol. The fraction of sp³-hybridized carbons (Fsp3) is 0.941. The average Bonchev–Trinajstić information content (AvgIpc) is 3.04. The molecule has 3 nitrogen and oxygen atoms in total. The van der Waals surface area contributed by atoms with Crippen LogP contribution in [0.25, 0.3) is 0 Å². The number of aliphatic hydroxyl groups is 1. The Balaban J connectivity index is 2.06. The number of aliphatic hydroxyl groups excluding tert-OH is 1. The van der Waals surface area contributed by atoms with Gasteiger partial charge in [0, 0.05) is 24.6 Å². The fourth-order valence-electron chi connectivity index (χ4n) is 4.37. The quantitative estimate of drug-likeness (QED) is 0.811. The average molecular weight is 281 g/mol. The van der Waals surface area contributed by atoms with Gasteiger partial charge in [0.15, 0.2) is 0 Å². The van der Waals surface area contributed by atoms with E-state index in [-0.39, 0.29) is 12.0 Å². The number of amides is 1. The number of carbonyl (C=O) groups is 1. The van der Waals surface area contributed by atoms with E-state index < -0.39 is 0 Å². The summed E-state index contributed by atoms with van der Waals surface area (Å²) in [5.41, 5.74) is -0.0596. The molecule has 3 heteroatoms. The molecule has 2 fully saturated rings. The van der Waals surface area contributed by atoms with Gasteiger partial charge in [0.1, 0.15) is 0 Å². The summed E-state index contributed by atoms with van der Waals surface area (Å²) in [6.45, 7) is 5.66. The molecule has 1 atom stereocenters. The van der Waals surface area contributed by atoms with E-state index >= 15 is 0 Å². The second-order valence-electron chi connectivity index (χ2n) is 7.25. The van der Waals surface area contributed by atoms with Crippen LogP contribution in [0.15, 0.2) is 0 Å². The molecule has 1 aliphatic carbocycles. The Hall–Kier alpha value is -0.570. The van der Waals surface area contributed by atoms with Crippen LogP contribution in [-0.2, 0) is 4.79 Å². The highest BCUT2D eigenvalue weighted by atomic mass is 16.3. The number of likely N-dealkylation sites (tertiary alicyclic amines) is 1. The number of nitrogens with zero attached hydrogens (tertiary/aromatic N) is 1. The van der Waals surface area contributed by atoms with Crippen LogP contribution in [0.2, 0.25) is 0 Å². The van der Waals surface area contributed by atoms with E-state index in [0.29, 0.717) is 17.9 Å². The Morgan fingerprint density at radius 3 is 2.60 bits per heavy atom. The van der Waals surface area contributed by atoms with Gasteiger partial charge in [-0.1, -0.05) is 26.7 Å². The van der Waals surface area contributed by atoms with Gasteiger partial charge in [-0.15, -0.1) is 0 Å². The topological polar surface area (TPSA) is 40.5 Å². The third-order valence-corrected chi connectivity index (χ3v) is 5.15. The lowest BCUT2D eigenvalue weighted by Crippen LogP contribution is -2.45. The Morgan fingerprint density at radius 2 is 2.00 bits per heavy atom. The van der Waals surface area contributed by atoms with Gasteiger partial charge < -0.3 is 10.0 Å². The first-order valence-electron chi connectivity index (χ1n) is 8.51. The summed E-state index contributed by atoms with van der Waals surface area (Å²) in [6.07, 6.45) is 9.73. The van der Waals surface area contributed by atoms with Crippen molar-refractivity contribution in [2.75, 3.05) is 13.2 Å². The molecule has 0 bridgehead atoms. The van der Waals surface area contributed by atoms with E-state index in [0.717, 1.165) is 51.5 Å². The SMILES string of the molecule is CC(C)CC1(C(=O)N2CCCC2CCCO)CCCC1. The van der Waals surface area contributed by atoms with Crippen molar-refractivity contribution in [3.05, 3.63) is 0 Å². The Bertz CT molecular complexity index is 321. The molecule has 2 aliphatic rings. The van der Waals surface area contributed by atoms with Crippen molar-refractivity contribution in [2.45, 2.75) is 77.7 Å². The van der Waals surface area contributed by atoms with Crippen molar-refractivity contribution in [3.8, 4) is 0 Å². The summed E-state index contributed by atoms with van der Waals surface area (Å²) in [5, 5.41) is 9.03. The van der Waals surface area contributed by atoms with E-state index in [9.17, 15) is 4.79 Å². The van der Waals surface area contributed by atoms with Crippen LogP contribution in [0.4, 0.5) is 0 Å². The molecule has 1 saturated heterocycles. The van der Waals surface area contributed by atoms with Gasteiger partial charge in [-0.2, -0.15) is 0 Å². The first kappa shape index (κ1) is 15.8. The maximum absolute atomic E-state index is 13.1. The van der Waals surface area contributed by atoms with Crippen molar-refractivity contribution in [2.24, 2.45) is 11.3 Å². The molecule has 116 valence electrons. The highest BCUT2D eigenvalue weighted by Crippen LogP contribution is 2.45. The lowest BCUT2D eigenvalue weighted by atomic mass is 9.77. The van der Waals surface area contributed by atoms with Crippen LogP contribution in [0.1, 0.15) is 71.6 Å². The lowest BCUT2D eigenvalue weighted by molar-refractivity contribution is -0.144. The van der Waals surface area contributed by atoms with E-state index in [1.165, 1.54) is 12.8 Å². The molecule has 0 radical (unpaired) electrons. The molecule has 1 saturated carbocycles. The predicted octanol–water partition coefficient (Wildman–Crippen LogP) is 3.36. The zero-order valence-electron chi connectivity index (χ0n) is 13.2. The van der Waals surface area contributed by atoms with E-state index in [1.54, 1.807) is 0 Å². The summed E-state index contributed by atoms with van der Waals surface area (Å²) in [5.74, 6) is 1.03. The molecule has 2 rings (SSSR count). The molecule has 1 unspecified atom stereocenters. The monoisotopic (exact) mass is 281 g/mol. The Labute approximate surface area is 123 Å². The zero-order valence-corrected chi connectivity index (χ0v) is 13.2. The molecular weight excluding hydrogens is 250 g/mol. The van der Waals surface area contributed by atoms with E-state index in [2.05, 4.69) is 18.7 Å². The highest BCUT2D eigenvalue weighted by molar-refractivity contribution is 5.83. The minimum absolute atomic E-state index is 0.0596. The molecular formula is C17H31NO2. The largest absolute Gasteiger partial charge is 0.396 e. The summed E-state index contributed by atoms with van der Waals surface area (Å²) in [7, 11) is 0. The van der Waals surface area contributed by atoms with Crippen molar-refractivity contribution in [1.82, 2.24) is 4.90 Å². The lowest BCUT2D eigenvalue weighted by Gasteiger charge is -2.36. The van der Waals surface area contributed by atoms with Crippen LogP contribution in [0.3, 0.4) is 0 Å². The van der Waals surface area contributed by atoms with Crippen LogP contribution in [0, 0.1) is 11.3 Å². The van der Waals surface area contributed by atoms with Gasteiger partial charge in [-0.25, -0.2) is 0 Å². The van der Waals surface area contributed by atoms with Gasteiger partial charge in [-0.3, -0.25) is 4.79 Å². The van der Waals surface area contributed by atoms with Crippen LogP contribution in [-0.4, -0.2) is 35.1 Å². The van der Waals surface area contributed by atoms with Crippen LogP contribution in [0.5, 0.6) is 0 Å². The summed E-state index contributed by atoms with van der Waals surface area (Å²) < 4.78 is 0. The summed E-state index contributed by atoms with van der Waals surface area (Å²) in [4.78, 5) is 15.3. The molecule has 1 N–H and O–H groups in total. The minimum Gasteiger partial charge on any atom is -0.396 e. The zero-order chi connectivity index (χ0) is 14.6. The summed E-state index contributed by atoms with van der Waals surface area (Å²) in [6, 6.07) is 0.388. The fourth-order valence-corrected chi connectivity index (χ4v) is 4.37. The van der Waals surface area contributed by atoms with Gasteiger partial charge >= 0.3 is 0 Å². The highest BCUT2D eigenvalue weighted by Gasteiger charge is 2.45. The first-order chi connectivity index (χ1) is 9.59. The van der Waals surface area contributed by atoms with E-state index in [4.69, 9.17) is 5.11 Å². The number of hydrogen-bond donors (Lipinski definition) is 1. The Kier molecular flexibility index (Phi) is 5.48. The molecule has 0 spiro atoms. The van der Waals surface area contributed by atoms with E-state index in [1.807, 2.05) is 0 Å². The second-order valence-corrected chi connectivity index (χ2v) is 7.25. The molecule has 0 aromatic rings. The molecule has 1 amide bonds. The van der Waals surface area contributed by atoms with Crippen molar-refractivity contribution in [3.63, 3.8) is 0 Å². The Morgan fingerprint density at radius 1 is 1.30 bits per heavy atom. The molecule has 20 heavy (non-hydrogen) atoms. The number of rotatable bonds is 6. The maximum Gasteiger partial charge on any atom is 0.229 e. The van der Waals surface area contributed by atoms with Crippen molar-refractivity contribution in [1.29, 1.82) is 0 Å². The molecule has 0 aromatic heterocycles. The van der Waals surface area contributed by atoms with Crippen LogP contribution < -0.4 is 0 Å². The summed E-state index contributed by atoms with van der Waals surface area (Å²) >= 11 is 0. The smallest absolute Gasteiger partial charge is 0.229 e. The van der Waals surface area contributed by atoms with Crippen molar-refractivity contribution < 1.29 is 9.90 Å². The molecule has 1 aliphatic heterocycles.